The maximum Gasteiger partial charge on any atom is 0.0156 e. The summed E-state index contributed by atoms with van der Waals surface area (Å²) >= 11 is 12.4. The summed E-state index contributed by atoms with van der Waals surface area (Å²) in [4.78, 5) is 1.60. The number of halogens is 2. The van der Waals surface area contributed by atoms with Crippen molar-refractivity contribution in [3.63, 3.8) is 0 Å². The molecule has 0 saturated heterocycles. The van der Waals surface area contributed by atoms with E-state index in [0.717, 1.165) is 30.7 Å². The van der Waals surface area contributed by atoms with Crippen molar-refractivity contribution in [1.29, 1.82) is 0 Å². The highest BCUT2D eigenvalue weighted by Gasteiger charge is 2.29. The van der Waals surface area contributed by atoms with Crippen molar-refractivity contribution < 1.29 is 0 Å². The van der Waals surface area contributed by atoms with Crippen LogP contribution in [0.25, 0.3) is 0 Å². The van der Waals surface area contributed by atoms with Gasteiger partial charge in [-0.15, -0.1) is 0 Å². The maximum absolute atomic E-state index is 3.84. The summed E-state index contributed by atoms with van der Waals surface area (Å²) in [5.74, 6) is 0. The van der Waals surface area contributed by atoms with Crippen LogP contribution in [0.4, 0.5) is 0 Å². The van der Waals surface area contributed by atoms with Gasteiger partial charge in [-0.1, -0.05) is 44.7 Å². The summed E-state index contributed by atoms with van der Waals surface area (Å²) in [5.41, 5.74) is 0. The van der Waals surface area contributed by atoms with Crippen LogP contribution in [0.3, 0.4) is 0 Å². The number of hydrogen-bond donors (Lipinski definition) is 0. The van der Waals surface area contributed by atoms with Crippen LogP contribution < -0.4 is 0 Å². The van der Waals surface area contributed by atoms with Gasteiger partial charge in [0.1, 0.15) is 0 Å². The molecule has 0 nitrogen and oxygen atoms in total. The first-order valence-corrected chi connectivity index (χ1v) is 13.0. The Morgan fingerprint density at radius 3 is 1.27 bits per heavy atom. The van der Waals surface area contributed by atoms with Crippen LogP contribution in [0.5, 0.6) is 0 Å². The molecule has 3 rings (SSSR count). The Labute approximate surface area is 162 Å². The fourth-order valence-electron chi connectivity index (χ4n) is 4.27. The molecular weight excluding hydrogens is 440 g/mol. The van der Waals surface area contributed by atoms with E-state index in [0.29, 0.717) is 0 Å². The van der Waals surface area contributed by atoms with E-state index < -0.39 is 0 Å². The Morgan fingerprint density at radius 1 is 0.500 bits per heavy atom. The van der Waals surface area contributed by atoms with E-state index in [1.807, 2.05) is 0 Å². The molecule has 0 aromatic heterocycles. The van der Waals surface area contributed by atoms with Crippen molar-refractivity contribution in [1.82, 2.24) is 0 Å². The lowest BCUT2D eigenvalue weighted by molar-refractivity contribution is 0.500. The fourth-order valence-corrected chi connectivity index (χ4v) is 9.79. The Morgan fingerprint density at radius 2 is 0.909 bits per heavy atom. The molecule has 3 saturated carbocycles. The first-order chi connectivity index (χ1) is 10.7. The number of rotatable bonds is 4. The Hall–Kier alpha value is 1.66. The minimum Gasteiger partial charge on any atom is -0.155 e. The molecule has 22 heavy (non-hydrogen) atoms. The van der Waals surface area contributed by atoms with Crippen molar-refractivity contribution in [3.8, 4) is 0 Å². The molecule has 0 spiro atoms. The summed E-state index contributed by atoms with van der Waals surface area (Å²) in [6, 6.07) is 0. The average Bonchev–Trinajstić information content (AvgIpc) is 2.49. The highest BCUT2D eigenvalue weighted by atomic mass is 79.9. The van der Waals surface area contributed by atoms with Gasteiger partial charge < -0.3 is 0 Å². The van der Waals surface area contributed by atoms with Gasteiger partial charge >= 0.3 is 0 Å². The Bertz CT molecular complexity index is 299. The number of thioether (sulfide) groups is 2. The molecule has 0 aromatic carbocycles. The van der Waals surface area contributed by atoms with Crippen molar-refractivity contribution in [2.45, 2.75) is 108 Å². The molecule has 0 amide bonds. The predicted molar refractivity (Wildman–Crippen MR) is 111 cm³/mol. The summed E-state index contributed by atoms with van der Waals surface area (Å²) in [5, 5.41) is 3.82. The van der Waals surface area contributed by atoms with Gasteiger partial charge in [0, 0.05) is 30.7 Å². The quantitative estimate of drug-likeness (QED) is 0.400. The minimum atomic E-state index is 0.800. The van der Waals surface area contributed by atoms with Gasteiger partial charge in [-0.2, -0.15) is 23.5 Å². The lowest BCUT2D eigenvalue weighted by Gasteiger charge is -2.35. The highest BCUT2D eigenvalue weighted by molar-refractivity contribution is 9.09. The number of hydrogen-bond acceptors (Lipinski definition) is 2. The molecule has 4 atom stereocenters. The van der Waals surface area contributed by atoms with E-state index in [9.17, 15) is 0 Å². The summed E-state index contributed by atoms with van der Waals surface area (Å²) in [6.07, 6.45) is 17.4. The van der Waals surface area contributed by atoms with E-state index in [1.165, 1.54) is 77.0 Å². The van der Waals surface area contributed by atoms with Crippen molar-refractivity contribution in [2.75, 3.05) is 0 Å². The first-order valence-electron chi connectivity index (χ1n) is 9.28. The Kier molecular flexibility index (Phi) is 7.87. The minimum absolute atomic E-state index is 0.800. The van der Waals surface area contributed by atoms with Crippen LogP contribution >= 0.6 is 55.4 Å². The molecular formula is C18H30Br2S2. The molecule has 4 unspecified atom stereocenters. The first kappa shape index (κ1) is 18.5. The third kappa shape index (κ3) is 5.88. The smallest absolute Gasteiger partial charge is 0.0156 e. The molecule has 3 fully saturated rings. The molecule has 0 aliphatic heterocycles. The highest BCUT2D eigenvalue weighted by Crippen LogP contribution is 2.43. The molecule has 4 heteroatoms. The second-order valence-corrected chi connectivity index (χ2v) is 13.2. The van der Waals surface area contributed by atoms with Crippen molar-refractivity contribution >= 4 is 55.4 Å². The van der Waals surface area contributed by atoms with Crippen LogP contribution in [-0.4, -0.2) is 30.7 Å². The summed E-state index contributed by atoms with van der Waals surface area (Å²) in [7, 11) is 0. The predicted octanol–water partition coefficient (Wildman–Crippen LogP) is 7.18. The SMILES string of the molecule is BrC1CCCC(SC2CCC(SC3CCCC(Br)C3)CC2)C1. The number of alkyl halides is 2. The third-order valence-electron chi connectivity index (χ3n) is 5.52. The van der Waals surface area contributed by atoms with Crippen LogP contribution in [0, 0.1) is 0 Å². The topological polar surface area (TPSA) is 0 Å². The lowest BCUT2D eigenvalue weighted by Crippen LogP contribution is -2.26. The van der Waals surface area contributed by atoms with E-state index in [4.69, 9.17) is 0 Å². The van der Waals surface area contributed by atoms with E-state index >= 15 is 0 Å². The lowest BCUT2D eigenvalue weighted by atomic mass is 9.99. The van der Waals surface area contributed by atoms with Crippen molar-refractivity contribution in [2.24, 2.45) is 0 Å². The zero-order valence-corrected chi connectivity index (χ0v) is 18.3. The molecule has 3 aliphatic rings. The van der Waals surface area contributed by atoms with Gasteiger partial charge in [-0.3, -0.25) is 0 Å². The van der Waals surface area contributed by atoms with E-state index in [1.54, 1.807) is 0 Å². The average molecular weight is 470 g/mol. The molecule has 0 radical (unpaired) electrons. The summed E-state index contributed by atoms with van der Waals surface area (Å²) < 4.78 is 0. The maximum atomic E-state index is 3.84. The standard InChI is InChI=1S/C18H30Br2S2/c19-13-3-1-5-17(11-13)21-15-7-9-16(10-8-15)22-18-6-2-4-14(20)12-18/h13-18H,1-12H2. The largest absolute Gasteiger partial charge is 0.155 e. The van der Waals surface area contributed by atoms with Crippen LogP contribution in [0.15, 0.2) is 0 Å². The van der Waals surface area contributed by atoms with Gasteiger partial charge in [0.25, 0.3) is 0 Å². The van der Waals surface area contributed by atoms with Crippen LogP contribution in [0.2, 0.25) is 0 Å². The van der Waals surface area contributed by atoms with Gasteiger partial charge in [-0.25, -0.2) is 0 Å². The van der Waals surface area contributed by atoms with Gasteiger partial charge in [0.05, 0.1) is 0 Å². The van der Waals surface area contributed by atoms with E-state index in [-0.39, 0.29) is 0 Å². The molecule has 0 bridgehead atoms. The second kappa shape index (κ2) is 9.38. The molecule has 128 valence electrons. The zero-order valence-electron chi connectivity index (χ0n) is 13.5. The van der Waals surface area contributed by atoms with Gasteiger partial charge in [-0.05, 0) is 64.2 Å². The van der Waals surface area contributed by atoms with Crippen LogP contribution in [-0.2, 0) is 0 Å². The molecule has 3 aliphatic carbocycles. The molecule has 0 heterocycles. The normalized spacial score (nSPS) is 43.9. The summed E-state index contributed by atoms with van der Waals surface area (Å²) in [6.45, 7) is 0. The zero-order chi connectivity index (χ0) is 15.4. The molecule has 0 aromatic rings. The molecule has 0 N–H and O–H groups in total. The van der Waals surface area contributed by atoms with Crippen molar-refractivity contribution in [3.05, 3.63) is 0 Å². The monoisotopic (exact) mass is 468 g/mol. The van der Waals surface area contributed by atoms with Gasteiger partial charge in [0.15, 0.2) is 0 Å². The third-order valence-corrected chi connectivity index (χ3v) is 10.5. The Balaban J connectivity index is 1.35. The van der Waals surface area contributed by atoms with Crippen LogP contribution in [0.1, 0.15) is 77.0 Å². The second-order valence-electron chi connectivity index (χ2n) is 7.44. The fraction of sp³-hybridized carbons (Fsp3) is 1.00. The van der Waals surface area contributed by atoms with Gasteiger partial charge in [0.2, 0.25) is 0 Å². The van der Waals surface area contributed by atoms with E-state index in [2.05, 4.69) is 55.4 Å².